The third kappa shape index (κ3) is 3.75. The lowest BCUT2D eigenvalue weighted by Crippen LogP contribution is -2.42. The molecule has 1 nitrogen and oxygen atoms in total. The van der Waals surface area contributed by atoms with Crippen LogP contribution in [0.15, 0.2) is 24.3 Å². The molecule has 0 heterocycles. The quantitative estimate of drug-likeness (QED) is 0.856. The zero-order chi connectivity index (χ0) is 15.0. The molecule has 2 atom stereocenters. The second-order valence-corrected chi connectivity index (χ2v) is 6.69. The number of hydrogen-bond acceptors (Lipinski definition) is 1. The van der Waals surface area contributed by atoms with Crippen LogP contribution in [0.1, 0.15) is 50.7 Å². The highest BCUT2D eigenvalue weighted by atomic mass is 19.4. The van der Waals surface area contributed by atoms with Crippen molar-refractivity contribution in [3.8, 4) is 0 Å². The summed E-state index contributed by atoms with van der Waals surface area (Å²) in [6.07, 6.45) is -2.03. The van der Waals surface area contributed by atoms with E-state index in [0.717, 1.165) is 24.9 Å². The van der Waals surface area contributed by atoms with Gasteiger partial charge in [0.1, 0.15) is 0 Å². The van der Waals surface area contributed by atoms with Gasteiger partial charge in [-0.25, -0.2) is 0 Å². The molecule has 1 aromatic carbocycles. The predicted molar refractivity (Wildman–Crippen MR) is 74.7 cm³/mol. The van der Waals surface area contributed by atoms with Crippen molar-refractivity contribution in [2.24, 2.45) is 5.92 Å². The van der Waals surface area contributed by atoms with Crippen LogP contribution in [-0.4, -0.2) is 12.1 Å². The zero-order valence-corrected chi connectivity index (χ0v) is 12.2. The van der Waals surface area contributed by atoms with Crippen molar-refractivity contribution in [2.75, 3.05) is 6.54 Å². The Morgan fingerprint density at radius 1 is 1.05 bits per heavy atom. The fourth-order valence-corrected chi connectivity index (χ4v) is 2.61. The average Bonchev–Trinajstić information content (AvgIpc) is 2.25. The third-order valence-corrected chi connectivity index (χ3v) is 3.98. The number of hydrogen-bond donors (Lipinski definition) is 1. The Labute approximate surface area is 118 Å². The minimum atomic E-state index is -4.24. The van der Waals surface area contributed by atoms with Crippen LogP contribution in [0.5, 0.6) is 0 Å². The monoisotopic (exact) mass is 285 g/mol. The van der Waals surface area contributed by atoms with Crippen LogP contribution in [0.3, 0.4) is 0 Å². The van der Waals surface area contributed by atoms with E-state index in [-0.39, 0.29) is 5.54 Å². The van der Waals surface area contributed by atoms with E-state index in [9.17, 15) is 13.2 Å². The number of alkyl halides is 3. The summed E-state index contributed by atoms with van der Waals surface area (Å²) < 4.78 is 37.6. The van der Waals surface area contributed by atoms with Gasteiger partial charge in [-0.3, -0.25) is 0 Å². The average molecular weight is 285 g/mol. The van der Waals surface area contributed by atoms with Gasteiger partial charge in [-0.1, -0.05) is 12.1 Å². The molecule has 1 saturated carbocycles. The Balaban J connectivity index is 1.98. The van der Waals surface area contributed by atoms with Crippen LogP contribution < -0.4 is 5.32 Å². The maximum atomic E-state index is 12.5. The van der Waals surface area contributed by atoms with Gasteiger partial charge in [-0.05, 0) is 69.7 Å². The summed E-state index contributed by atoms with van der Waals surface area (Å²) in [6, 6.07) is 5.66. The molecule has 0 bridgehead atoms. The fourth-order valence-electron chi connectivity index (χ4n) is 2.61. The molecule has 0 aliphatic heterocycles. The van der Waals surface area contributed by atoms with E-state index >= 15 is 0 Å². The number of halogens is 3. The summed E-state index contributed by atoms with van der Waals surface area (Å²) in [5, 5.41) is 3.48. The predicted octanol–water partition coefficient (Wildman–Crippen LogP) is 4.59. The second kappa shape index (κ2) is 5.40. The smallest absolute Gasteiger partial charge is 0.312 e. The van der Waals surface area contributed by atoms with E-state index in [1.54, 1.807) is 12.1 Å². The molecule has 2 unspecified atom stereocenters. The Hall–Kier alpha value is -1.03. The molecule has 0 saturated heterocycles. The molecule has 0 amide bonds. The first kappa shape index (κ1) is 15.4. The van der Waals surface area contributed by atoms with Crippen LogP contribution in [0.4, 0.5) is 13.2 Å². The number of benzene rings is 1. The molecular weight excluding hydrogens is 263 g/mol. The highest BCUT2D eigenvalue weighted by Crippen LogP contribution is 2.43. The summed E-state index contributed by atoms with van der Waals surface area (Å²) in [5.41, 5.74) is 0.551. The summed E-state index contributed by atoms with van der Waals surface area (Å²) in [4.78, 5) is 0. The van der Waals surface area contributed by atoms with E-state index in [1.165, 1.54) is 12.1 Å². The van der Waals surface area contributed by atoms with Gasteiger partial charge in [0.05, 0.1) is 5.56 Å². The molecule has 4 heteroatoms. The van der Waals surface area contributed by atoms with E-state index in [1.807, 2.05) is 0 Å². The van der Waals surface area contributed by atoms with Crippen molar-refractivity contribution < 1.29 is 13.2 Å². The first-order chi connectivity index (χ1) is 9.17. The molecule has 0 radical (unpaired) electrons. The van der Waals surface area contributed by atoms with Gasteiger partial charge in [-0.2, -0.15) is 13.2 Å². The molecule has 20 heavy (non-hydrogen) atoms. The summed E-state index contributed by atoms with van der Waals surface area (Å²) in [7, 11) is 0. The minimum absolute atomic E-state index is 0.0836. The lowest BCUT2D eigenvalue weighted by molar-refractivity contribution is -0.137. The largest absolute Gasteiger partial charge is 0.416 e. The molecule has 0 aromatic heterocycles. The molecule has 1 aromatic rings. The first-order valence-corrected chi connectivity index (χ1v) is 7.09. The SMILES string of the molecule is CC(C)(C)NCC1CCC1c1ccc(C(F)(F)F)cc1. The number of rotatable bonds is 3. The van der Waals surface area contributed by atoms with Crippen LogP contribution in [0.25, 0.3) is 0 Å². The van der Waals surface area contributed by atoms with E-state index in [4.69, 9.17) is 0 Å². The van der Waals surface area contributed by atoms with Crippen molar-refractivity contribution in [3.63, 3.8) is 0 Å². The van der Waals surface area contributed by atoms with Crippen molar-refractivity contribution in [1.82, 2.24) is 5.32 Å². The van der Waals surface area contributed by atoms with E-state index in [2.05, 4.69) is 26.1 Å². The maximum absolute atomic E-state index is 12.5. The first-order valence-electron chi connectivity index (χ1n) is 7.09. The van der Waals surface area contributed by atoms with Gasteiger partial charge in [0.15, 0.2) is 0 Å². The van der Waals surface area contributed by atoms with Crippen LogP contribution >= 0.6 is 0 Å². The summed E-state index contributed by atoms with van der Waals surface area (Å²) in [5.74, 6) is 0.929. The topological polar surface area (TPSA) is 12.0 Å². The molecule has 2 rings (SSSR count). The van der Waals surface area contributed by atoms with Gasteiger partial charge in [-0.15, -0.1) is 0 Å². The molecule has 112 valence electrons. The normalized spacial score (nSPS) is 23.5. The Bertz CT molecular complexity index is 442. The highest BCUT2D eigenvalue weighted by molar-refractivity contribution is 5.29. The molecular formula is C16H22F3N. The molecule has 1 aliphatic rings. The standard InChI is InChI=1S/C16H22F3N/c1-15(2,3)20-10-12-6-9-14(12)11-4-7-13(8-5-11)16(17,18)19/h4-5,7-8,12,14,20H,6,9-10H2,1-3H3. The van der Waals surface area contributed by atoms with Crippen LogP contribution in [0.2, 0.25) is 0 Å². The van der Waals surface area contributed by atoms with Crippen molar-refractivity contribution >= 4 is 0 Å². The van der Waals surface area contributed by atoms with Crippen molar-refractivity contribution in [3.05, 3.63) is 35.4 Å². The molecule has 1 aliphatic carbocycles. The van der Waals surface area contributed by atoms with Gasteiger partial charge >= 0.3 is 6.18 Å². The molecule has 1 N–H and O–H groups in total. The highest BCUT2D eigenvalue weighted by Gasteiger charge is 2.34. The zero-order valence-electron chi connectivity index (χ0n) is 12.2. The van der Waals surface area contributed by atoms with Gasteiger partial charge < -0.3 is 5.32 Å². The minimum Gasteiger partial charge on any atom is -0.312 e. The van der Waals surface area contributed by atoms with Crippen LogP contribution in [0, 0.1) is 5.92 Å². The Kier molecular flexibility index (Phi) is 4.14. The lowest BCUT2D eigenvalue weighted by atomic mass is 9.69. The van der Waals surface area contributed by atoms with E-state index in [0.29, 0.717) is 11.8 Å². The molecule has 1 fully saturated rings. The summed E-state index contributed by atoms with van der Waals surface area (Å²) >= 11 is 0. The second-order valence-electron chi connectivity index (χ2n) is 6.69. The van der Waals surface area contributed by atoms with E-state index < -0.39 is 11.7 Å². The third-order valence-electron chi connectivity index (χ3n) is 3.98. The van der Waals surface area contributed by atoms with Gasteiger partial charge in [0.2, 0.25) is 0 Å². The Morgan fingerprint density at radius 2 is 1.65 bits per heavy atom. The van der Waals surface area contributed by atoms with Crippen molar-refractivity contribution in [1.29, 1.82) is 0 Å². The Morgan fingerprint density at radius 3 is 2.05 bits per heavy atom. The fraction of sp³-hybridized carbons (Fsp3) is 0.625. The lowest BCUT2D eigenvalue weighted by Gasteiger charge is -2.39. The molecule has 0 spiro atoms. The maximum Gasteiger partial charge on any atom is 0.416 e. The van der Waals surface area contributed by atoms with Crippen LogP contribution in [-0.2, 0) is 6.18 Å². The van der Waals surface area contributed by atoms with Gasteiger partial charge in [0, 0.05) is 5.54 Å². The number of nitrogens with one attached hydrogen (secondary N) is 1. The van der Waals surface area contributed by atoms with Crippen molar-refractivity contribution in [2.45, 2.75) is 51.2 Å². The van der Waals surface area contributed by atoms with Gasteiger partial charge in [0.25, 0.3) is 0 Å². The summed E-state index contributed by atoms with van der Waals surface area (Å²) in [6.45, 7) is 7.30.